The molecule has 1 heterocycles. The van der Waals surface area contributed by atoms with Crippen molar-refractivity contribution < 1.29 is 14.6 Å². The number of guanidine groups is 1. The molecule has 2 aromatic rings. The first-order valence-corrected chi connectivity index (χ1v) is 9.30. The standard InChI is InChI=1S/C21H27N3O3.HI/c1-3-22-21(24-13-12-17(25)15-24)23-14-16-8-10-18(11-9-16)27-20-7-5-4-6-19(20)26-2;/h4-11,17,25H,3,12-15H2,1-2H3,(H,22,23);1H/t17-;/m1./s1. The zero-order valence-corrected chi connectivity index (χ0v) is 18.6. The van der Waals surface area contributed by atoms with Gasteiger partial charge < -0.3 is 24.8 Å². The number of likely N-dealkylation sites (tertiary alicyclic amines) is 1. The van der Waals surface area contributed by atoms with Crippen molar-refractivity contribution in [3.8, 4) is 17.2 Å². The fourth-order valence-corrected chi connectivity index (χ4v) is 3.02. The van der Waals surface area contributed by atoms with E-state index < -0.39 is 0 Å². The minimum absolute atomic E-state index is 0. The lowest BCUT2D eigenvalue weighted by Gasteiger charge is -2.20. The molecule has 1 aliphatic heterocycles. The molecule has 7 heteroatoms. The van der Waals surface area contributed by atoms with Crippen molar-refractivity contribution in [1.29, 1.82) is 0 Å². The van der Waals surface area contributed by atoms with Crippen molar-refractivity contribution in [1.82, 2.24) is 10.2 Å². The van der Waals surface area contributed by atoms with Crippen molar-refractivity contribution in [2.75, 3.05) is 26.7 Å². The Morgan fingerprint density at radius 3 is 2.50 bits per heavy atom. The number of para-hydroxylation sites is 2. The van der Waals surface area contributed by atoms with Crippen LogP contribution in [0.1, 0.15) is 18.9 Å². The van der Waals surface area contributed by atoms with E-state index in [0.717, 1.165) is 36.8 Å². The van der Waals surface area contributed by atoms with Gasteiger partial charge in [-0.25, -0.2) is 4.99 Å². The molecule has 2 aromatic carbocycles. The van der Waals surface area contributed by atoms with Crippen molar-refractivity contribution in [2.24, 2.45) is 4.99 Å². The maximum absolute atomic E-state index is 9.74. The summed E-state index contributed by atoms with van der Waals surface area (Å²) < 4.78 is 11.2. The first kappa shape index (κ1) is 22.3. The van der Waals surface area contributed by atoms with Crippen LogP contribution in [-0.4, -0.2) is 48.8 Å². The van der Waals surface area contributed by atoms with E-state index in [-0.39, 0.29) is 30.1 Å². The van der Waals surface area contributed by atoms with E-state index >= 15 is 0 Å². The minimum atomic E-state index is -0.264. The number of nitrogens with one attached hydrogen (secondary N) is 1. The number of rotatable bonds is 6. The molecule has 2 N–H and O–H groups in total. The zero-order chi connectivity index (χ0) is 19.1. The Morgan fingerprint density at radius 1 is 1.18 bits per heavy atom. The molecule has 1 saturated heterocycles. The summed E-state index contributed by atoms with van der Waals surface area (Å²) >= 11 is 0. The van der Waals surface area contributed by atoms with Crippen molar-refractivity contribution in [3.63, 3.8) is 0 Å². The number of nitrogens with zero attached hydrogens (tertiary/aromatic N) is 2. The number of ether oxygens (including phenoxy) is 2. The van der Waals surface area contributed by atoms with Crippen molar-refractivity contribution >= 4 is 29.9 Å². The predicted molar refractivity (Wildman–Crippen MR) is 122 cm³/mol. The zero-order valence-electron chi connectivity index (χ0n) is 16.3. The molecular formula is C21H28IN3O3. The molecule has 6 nitrogen and oxygen atoms in total. The molecule has 0 bridgehead atoms. The van der Waals surface area contributed by atoms with E-state index in [4.69, 9.17) is 14.5 Å². The molecule has 1 atom stereocenters. The van der Waals surface area contributed by atoms with Crippen LogP contribution in [0.25, 0.3) is 0 Å². The van der Waals surface area contributed by atoms with E-state index in [1.807, 2.05) is 55.5 Å². The molecule has 152 valence electrons. The number of halogens is 1. The van der Waals surface area contributed by atoms with Crippen LogP contribution in [0.3, 0.4) is 0 Å². The van der Waals surface area contributed by atoms with Gasteiger partial charge in [-0.15, -0.1) is 24.0 Å². The lowest BCUT2D eigenvalue weighted by molar-refractivity contribution is 0.188. The Labute approximate surface area is 183 Å². The van der Waals surface area contributed by atoms with Gasteiger partial charge in [0, 0.05) is 19.6 Å². The second-order valence-corrected chi connectivity index (χ2v) is 6.46. The SMILES string of the molecule is CCNC(=NCc1ccc(Oc2ccccc2OC)cc1)N1CC[C@@H](O)C1.I. The van der Waals surface area contributed by atoms with Crippen LogP contribution in [0.4, 0.5) is 0 Å². The van der Waals surface area contributed by atoms with Gasteiger partial charge in [-0.3, -0.25) is 0 Å². The van der Waals surface area contributed by atoms with E-state index in [0.29, 0.717) is 24.6 Å². The average molecular weight is 497 g/mol. The molecule has 0 aromatic heterocycles. The summed E-state index contributed by atoms with van der Waals surface area (Å²) in [5.41, 5.74) is 1.09. The smallest absolute Gasteiger partial charge is 0.194 e. The third-order valence-corrected chi connectivity index (χ3v) is 4.43. The van der Waals surface area contributed by atoms with Gasteiger partial charge in [-0.1, -0.05) is 24.3 Å². The fraction of sp³-hybridized carbons (Fsp3) is 0.381. The molecule has 0 spiro atoms. The van der Waals surface area contributed by atoms with Crippen LogP contribution >= 0.6 is 24.0 Å². The highest BCUT2D eigenvalue weighted by molar-refractivity contribution is 14.0. The quantitative estimate of drug-likeness (QED) is 0.363. The molecule has 3 rings (SSSR count). The minimum Gasteiger partial charge on any atom is -0.493 e. The second-order valence-electron chi connectivity index (χ2n) is 6.46. The third-order valence-electron chi connectivity index (χ3n) is 4.43. The maximum Gasteiger partial charge on any atom is 0.194 e. The summed E-state index contributed by atoms with van der Waals surface area (Å²) in [6, 6.07) is 15.5. The van der Waals surface area contributed by atoms with Crippen LogP contribution in [-0.2, 0) is 6.54 Å². The van der Waals surface area contributed by atoms with E-state index in [1.54, 1.807) is 7.11 Å². The Morgan fingerprint density at radius 2 is 1.89 bits per heavy atom. The number of hydrogen-bond acceptors (Lipinski definition) is 4. The van der Waals surface area contributed by atoms with Gasteiger partial charge in [0.15, 0.2) is 17.5 Å². The Kier molecular flexibility index (Phi) is 8.85. The number of benzene rings is 2. The summed E-state index contributed by atoms with van der Waals surface area (Å²) in [5.74, 6) is 2.99. The van der Waals surface area contributed by atoms with Crippen LogP contribution in [0.5, 0.6) is 17.2 Å². The van der Waals surface area contributed by atoms with Gasteiger partial charge in [0.2, 0.25) is 0 Å². The molecule has 0 unspecified atom stereocenters. The van der Waals surface area contributed by atoms with Gasteiger partial charge in [0.25, 0.3) is 0 Å². The average Bonchev–Trinajstić information content (AvgIpc) is 3.13. The number of β-amino-alcohol motifs (C(OH)–C–C–N with tert-alkyl or cyclic N) is 1. The summed E-state index contributed by atoms with van der Waals surface area (Å²) in [4.78, 5) is 6.81. The molecule has 28 heavy (non-hydrogen) atoms. The Hall–Kier alpha value is -2.00. The first-order chi connectivity index (χ1) is 13.2. The van der Waals surface area contributed by atoms with Gasteiger partial charge >= 0.3 is 0 Å². The van der Waals surface area contributed by atoms with E-state index in [1.165, 1.54) is 0 Å². The number of aliphatic hydroxyl groups excluding tert-OH is 1. The lowest BCUT2D eigenvalue weighted by Crippen LogP contribution is -2.40. The molecule has 1 fully saturated rings. The van der Waals surface area contributed by atoms with Crippen LogP contribution in [0.15, 0.2) is 53.5 Å². The summed E-state index contributed by atoms with van der Waals surface area (Å²) in [5, 5.41) is 13.0. The molecule has 0 saturated carbocycles. The Bertz CT molecular complexity index is 768. The number of aliphatic hydroxyl groups is 1. The van der Waals surface area contributed by atoms with Crippen LogP contribution in [0, 0.1) is 0 Å². The molecule has 0 aliphatic carbocycles. The monoisotopic (exact) mass is 497 g/mol. The topological polar surface area (TPSA) is 66.3 Å². The van der Waals surface area contributed by atoms with Gasteiger partial charge in [0.1, 0.15) is 5.75 Å². The Balaban J connectivity index is 0.00000280. The predicted octanol–water partition coefficient (Wildman–Crippen LogP) is 3.64. The highest BCUT2D eigenvalue weighted by Crippen LogP contribution is 2.30. The molecular weight excluding hydrogens is 469 g/mol. The third kappa shape index (κ3) is 6.00. The number of methoxy groups -OCH3 is 1. The molecule has 0 radical (unpaired) electrons. The van der Waals surface area contributed by atoms with Gasteiger partial charge in [-0.2, -0.15) is 0 Å². The summed E-state index contributed by atoms with van der Waals surface area (Å²) in [6.07, 6.45) is 0.527. The number of aliphatic imine (C=N–C) groups is 1. The maximum atomic E-state index is 9.74. The summed E-state index contributed by atoms with van der Waals surface area (Å²) in [7, 11) is 1.63. The van der Waals surface area contributed by atoms with Gasteiger partial charge in [0.05, 0.1) is 19.8 Å². The largest absolute Gasteiger partial charge is 0.493 e. The van der Waals surface area contributed by atoms with Crippen LogP contribution in [0.2, 0.25) is 0 Å². The van der Waals surface area contributed by atoms with Crippen molar-refractivity contribution in [2.45, 2.75) is 26.0 Å². The molecule has 0 amide bonds. The molecule has 1 aliphatic rings. The second kappa shape index (κ2) is 11.1. The highest BCUT2D eigenvalue weighted by Gasteiger charge is 2.22. The number of hydrogen-bond donors (Lipinski definition) is 2. The van der Waals surface area contributed by atoms with Gasteiger partial charge in [-0.05, 0) is 43.2 Å². The van der Waals surface area contributed by atoms with E-state index in [2.05, 4.69) is 10.2 Å². The fourth-order valence-electron chi connectivity index (χ4n) is 3.02. The normalized spacial score (nSPS) is 16.5. The lowest BCUT2D eigenvalue weighted by atomic mass is 10.2. The van der Waals surface area contributed by atoms with E-state index in [9.17, 15) is 5.11 Å². The van der Waals surface area contributed by atoms with Crippen LogP contribution < -0.4 is 14.8 Å². The van der Waals surface area contributed by atoms with Crippen molar-refractivity contribution in [3.05, 3.63) is 54.1 Å². The summed E-state index contributed by atoms with van der Waals surface area (Å²) in [6.45, 7) is 4.89. The highest BCUT2D eigenvalue weighted by atomic mass is 127. The first-order valence-electron chi connectivity index (χ1n) is 9.30.